The van der Waals surface area contributed by atoms with Crippen LogP contribution in [0.3, 0.4) is 0 Å². The van der Waals surface area contributed by atoms with Crippen molar-refractivity contribution in [1.82, 2.24) is 5.32 Å². The van der Waals surface area contributed by atoms with Crippen LogP contribution in [0.1, 0.15) is 40.0 Å². The van der Waals surface area contributed by atoms with Crippen molar-refractivity contribution in [3.05, 3.63) is 29.3 Å². The Kier molecular flexibility index (Phi) is 5.16. The molecule has 1 atom stereocenters. The van der Waals surface area contributed by atoms with Gasteiger partial charge in [-0.15, -0.1) is 0 Å². The lowest BCUT2D eigenvalue weighted by atomic mass is 10.1. The second kappa shape index (κ2) is 7.08. The highest BCUT2D eigenvalue weighted by atomic mass is 16.5. The Bertz CT molecular complexity index is 523. The van der Waals surface area contributed by atoms with E-state index in [-0.39, 0.29) is 23.1 Å². The molecule has 2 N–H and O–H groups in total. The molecule has 1 fully saturated rings. The third-order valence-corrected chi connectivity index (χ3v) is 3.42. The van der Waals surface area contributed by atoms with Gasteiger partial charge >= 0.3 is 5.97 Å². The first-order valence-electron chi connectivity index (χ1n) is 6.92. The molecule has 0 unspecified atom stereocenters. The van der Waals surface area contributed by atoms with Gasteiger partial charge in [0, 0.05) is 18.7 Å². The Hall–Kier alpha value is -2.08. The van der Waals surface area contributed by atoms with Crippen molar-refractivity contribution in [2.24, 2.45) is 0 Å². The van der Waals surface area contributed by atoms with Crippen LogP contribution in [-0.4, -0.2) is 43.3 Å². The van der Waals surface area contributed by atoms with E-state index in [9.17, 15) is 9.59 Å². The maximum atomic E-state index is 12.1. The molecule has 0 saturated carbocycles. The SMILES string of the molecule is COc1cc(C(=O)O)cc(C(=O)NC[C@H]2CCCCO2)c1. The van der Waals surface area contributed by atoms with Gasteiger partial charge in [-0.05, 0) is 37.5 Å². The van der Waals surface area contributed by atoms with E-state index in [1.54, 1.807) is 0 Å². The molecule has 21 heavy (non-hydrogen) atoms. The molecule has 2 rings (SSSR count). The quantitative estimate of drug-likeness (QED) is 0.863. The second-order valence-electron chi connectivity index (χ2n) is 4.95. The minimum Gasteiger partial charge on any atom is -0.497 e. The van der Waals surface area contributed by atoms with Crippen molar-refractivity contribution < 1.29 is 24.2 Å². The molecule has 1 amide bonds. The molecule has 6 nitrogen and oxygen atoms in total. The van der Waals surface area contributed by atoms with Gasteiger partial charge in [0.15, 0.2) is 0 Å². The summed E-state index contributed by atoms with van der Waals surface area (Å²) in [5.74, 6) is -1.09. The summed E-state index contributed by atoms with van der Waals surface area (Å²) in [6.07, 6.45) is 3.12. The Labute approximate surface area is 123 Å². The molecule has 0 aromatic heterocycles. The van der Waals surface area contributed by atoms with E-state index in [1.807, 2.05) is 0 Å². The predicted molar refractivity (Wildman–Crippen MR) is 75.9 cm³/mol. The second-order valence-corrected chi connectivity index (χ2v) is 4.95. The number of carboxylic acids is 1. The summed E-state index contributed by atoms with van der Waals surface area (Å²) in [5.41, 5.74) is 0.288. The average molecular weight is 293 g/mol. The number of ether oxygens (including phenoxy) is 2. The number of hydrogen-bond acceptors (Lipinski definition) is 4. The van der Waals surface area contributed by atoms with Crippen LogP contribution >= 0.6 is 0 Å². The monoisotopic (exact) mass is 293 g/mol. The van der Waals surface area contributed by atoms with Crippen LogP contribution in [0.4, 0.5) is 0 Å². The van der Waals surface area contributed by atoms with Gasteiger partial charge in [-0.2, -0.15) is 0 Å². The first kappa shape index (κ1) is 15.3. The molecule has 1 heterocycles. The third kappa shape index (κ3) is 4.19. The fourth-order valence-corrected chi connectivity index (χ4v) is 2.25. The van der Waals surface area contributed by atoms with E-state index < -0.39 is 5.97 Å². The normalized spacial score (nSPS) is 18.0. The minimum absolute atomic E-state index is 0.0217. The fourth-order valence-electron chi connectivity index (χ4n) is 2.25. The van der Waals surface area contributed by atoms with Gasteiger partial charge in [-0.3, -0.25) is 4.79 Å². The molecule has 1 aromatic rings. The molecular weight excluding hydrogens is 274 g/mol. The highest BCUT2D eigenvalue weighted by Gasteiger charge is 2.17. The van der Waals surface area contributed by atoms with Crippen molar-refractivity contribution in [1.29, 1.82) is 0 Å². The highest BCUT2D eigenvalue weighted by molar-refractivity contribution is 5.98. The molecule has 1 aliphatic rings. The van der Waals surface area contributed by atoms with Crippen LogP contribution in [0.2, 0.25) is 0 Å². The Balaban J connectivity index is 2.03. The number of carbonyl (C=O) groups is 2. The first-order chi connectivity index (χ1) is 10.1. The van der Waals surface area contributed by atoms with Gasteiger partial charge < -0.3 is 19.9 Å². The van der Waals surface area contributed by atoms with E-state index in [0.717, 1.165) is 25.9 Å². The Morgan fingerprint density at radius 2 is 2.10 bits per heavy atom. The van der Waals surface area contributed by atoms with Crippen molar-refractivity contribution in [2.45, 2.75) is 25.4 Å². The molecule has 0 bridgehead atoms. The zero-order valence-electron chi connectivity index (χ0n) is 11.9. The third-order valence-electron chi connectivity index (χ3n) is 3.42. The van der Waals surface area contributed by atoms with Gasteiger partial charge in [0.25, 0.3) is 5.91 Å². The summed E-state index contributed by atoms with van der Waals surface area (Å²) in [7, 11) is 1.43. The van der Waals surface area contributed by atoms with Crippen molar-refractivity contribution in [3.8, 4) is 5.75 Å². The van der Waals surface area contributed by atoms with Crippen LogP contribution in [0.25, 0.3) is 0 Å². The number of carboxylic acid groups (broad SMARTS) is 1. The summed E-state index contributed by atoms with van der Waals surface area (Å²) in [6.45, 7) is 1.15. The number of carbonyl (C=O) groups excluding carboxylic acids is 1. The first-order valence-corrected chi connectivity index (χ1v) is 6.92. The largest absolute Gasteiger partial charge is 0.497 e. The van der Waals surface area contributed by atoms with E-state index in [1.165, 1.54) is 25.3 Å². The molecule has 0 radical (unpaired) electrons. The summed E-state index contributed by atoms with van der Waals surface area (Å²) in [5, 5.41) is 11.8. The van der Waals surface area contributed by atoms with Crippen molar-refractivity contribution >= 4 is 11.9 Å². The standard InChI is InChI=1S/C15H19NO5/c1-20-13-7-10(6-11(8-13)15(18)19)14(17)16-9-12-4-2-3-5-21-12/h6-8,12H,2-5,9H2,1H3,(H,16,17)(H,18,19)/t12-/m1/s1. The summed E-state index contributed by atoms with van der Waals surface area (Å²) in [6, 6.07) is 4.23. The number of nitrogens with one attached hydrogen (secondary N) is 1. The topological polar surface area (TPSA) is 84.9 Å². The molecule has 1 aromatic carbocycles. The molecule has 0 aliphatic carbocycles. The average Bonchev–Trinajstić information content (AvgIpc) is 2.53. The van der Waals surface area contributed by atoms with Gasteiger partial charge in [-0.25, -0.2) is 4.79 Å². The van der Waals surface area contributed by atoms with Gasteiger partial charge in [-0.1, -0.05) is 0 Å². The van der Waals surface area contributed by atoms with E-state index in [2.05, 4.69) is 5.32 Å². The smallest absolute Gasteiger partial charge is 0.335 e. The van der Waals surface area contributed by atoms with Gasteiger partial charge in [0.2, 0.25) is 0 Å². The minimum atomic E-state index is -1.10. The molecule has 1 saturated heterocycles. The van der Waals surface area contributed by atoms with E-state index >= 15 is 0 Å². The molecule has 6 heteroatoms. The Morgan fingerprint density at radius 1 is 1.33 bits per heavy atom. The fraction of sp³-hybridized carbons (Fsp3) is 0.467. The molecule has 1 aliphatic heterocycles. The molecular formula is C15H19NO5. The van der Waals surface area contributed by atoms with Crippen LogP contribution in [0.15, 0.2) is 18.2 Å². The van der Waals surface area contributed by atoms with E-state index in [0.29, 0.717) is 12.3 Å². The van der Waals surface area contributed by atoms with Gasteiger partial charge in [0.1, 0.15) is 5.75 Å². The number of hydrogen-bond donors (Lipinski definition) is 2. The number of rotatable bonds is 5. The van der Waals surface area contributed by atoms with Crippen LogP contribution in [-0.2, 0) is 4.74 Å². The van der Waals surface area contributed by atoms with Crippen LogP contribution < -0.4 is 10.1 Å². The number of amides is 1. The maximum absolute atomic E-state index is 12.1. The van der Waals surface area contributed by atoms with Crippen LogP contribution in [0.5, 0.6) is 5.75 Å². The maximum Gasteiger partial charge on any atom is 0.335 e. The van der Waals surface area contributed by atoms with E-state index in [4.69, 9.17) is 14.6 Å². The lowest BCUT2D eigenvalue weighted by molar-refractivity contribution is 0.0169. The lowest BCUT2D eigenvalue weighted by Gasteiger charge is -2.22. The van der Waals surface area contributed by atoms with Crippen molar-refractivity contribution in [3.63, 3.8) is 0 Å². The zero-order chi connectivity index (χ0) is 15.2. The highest BCUT2D eigenvalue weighted by Crippen LogP contribution is 2.17. The number of methoxy groups -OCH3 is 1. The van der Waals surface area contributed by atoms with Gasteiger partial charge in [0.05, 0.1) is 18.8 Å². The summed E-state index contributed by atoms with van der Waals surface area (Å²) >= 11 is 0. The number of aromatic carboxylic acids is 1. The summed E-state index contributed by atoms with van der Waals surface area (Å²) in [4.78, 5) is 23.2. The zero-order valence-corrected chi connectivity index (χ0v) is 11.9. The van der Waals surface area contributed by atoms with Crippen LogP contribution in [0, 0.1) is 0 Å². The summed E-state index contributed by atoms with van der Waals surface area (Å²) < 4.78 is 10.6. The molecule has 114 valence electrons. The predicted octanol–water partition coefficient (Wildman–Crippen LogP) is 1.69. The Morgan fingerprint density at radius 3 is 2.71 bits per heavy atom. The number of benzene rings is 1. The lowest BCUT2D eigenvalue weighted by Crippen LogP contribution is -2.35. The molecule has 0 spiro atoms. The van der Waals surface area contributed by atoms with Crippen molar-refractivity contribution in [2.75, 3.05) is 20.3 Å².